The third-order valence-corrected chi connectivity index (χ3v) is 2.16. The SMILES string of the molecule is COc1cccc(F)c1C(C)(O)CC#N. The monoisotopic (exact) mass is 209 g/mol. The molecule has 1 unspecified atom stereocenters. The van der Waals surface area contributed by atoms with Gasteiger partial charge in [-0.1, -0.05) is 6.07 Å². The van der Waals surface area contributed by atoms with Crippen molar-refractivity contribution in [3.05, 3.63) is 29.6 Å². The fourth-order valence-electron chi connectivity index (χ4n) is 1.44. The predicted octanol–water partition coefficient (Wildman–Crippen LogP) is 1.96. The molecular weight excluding hydrogens is 197 g/mol. The summed E-state index contributed by atoms with van der Waals surface area (Å²) in [5.41, 5.74) is -1.51. The van der Waals surface area contributed by atoms with Crippen molar-refractivity contribution >= 4 is 0 Å². The topological polar surface area (TPSA) is 53.2 Å². The molecule has 0 spiro atoms. The first kappa shape index (κ1) is 11.5. The highest BCUT2D eigenvalue weighted by Gasteiger charge is 2.30. The standard InChI is InChI=1S/C11H12FNO2/c1-11(14,6-7-13)10-8(12)4-3-5-9(10)15-2/h3-5,14H,6H2,1-2H3. The normalized spacial score (nSPS) is 14.1. The van der Waals surface area contributed by atoms with Crippen LogP contribution in [0.25, 0.3) is 0 Å². The number of hydrogen-bond acceptors (Lipinski definition) is 3. The van der Waals surface area contributed by atoms with Gasteiger partial charge in [-0.05, 0) is 19.1 Å². The largest absolute Gasteiger partial charge is 0.496 e. The second-order valence-corrected chi connectivity index (χ2v) is 3.43. The van der Waals surface area contributed by atoms with Gasteiger partial charge in [0.2, 0.25) is 0 Å². The first-order chi connectivity index (χ1) is 7.03. The van der Waals surface area contributed by atoms with E-state index in [1.54, 1.807) is 6.07 Å². The molecule has 0 bridgehead atoms. The number of hydrogen-bond donors (Lipinski definition) is 1. The lowest BCUT2D eigenvalue weighted by Gasteiger charge is -2.23. The van der Waals surface area contributed by atoms with E-state index in [1.165, 1.54) is 26.2 Å². The van der Waals surface area contributed by atoms with Gasteiger partial charge in [0.25, 0.3) is 0 Å². The van der Waals surface area contributed by atoms with Gasteiger partial charge in [0, 0.05) is 0 Å². The van der Waals surface area contributed by atoms with Crippen LogP contribution in [0.15, 0.2) is 18.2 Å². The molecule has 0 saturated heterocycles. The number of nitrogens with zero attached hydrogens (tertiary/aromatic N) is 1. The Hall–Kier alpha value is -1.60. The molecular formula is C11H12FNO2. The minimum Gasteiger partial charge on any atom is -0.496 e. The lowest BCUT2D eigenvalue weighted by atomic mass is 9.92. The van der Waals surface area contributed by atoms with E-state index in [2.05, 4.69) is 0 Å². The van der Waals surface area contributed by atoms with Crippen molar-refractivity contribution in [1.82, 2.24) is 0 Å². The van der Waals surface area contributed by atoms with Crippen molar-refractivity contribution in [2.24, 2.45) is 0 Å². The maximum atomic E-state index is 13.5. The third-order valence-electron chi connectivity index (χ3n) is 2.16. The van der Waals surface area contributed by atoms with Crippen LogP contribution in [0.1, 0.15) is 18.9 Å². The van der Waals surface area contributed by atoms with E-state index in [1.807, 2.05) is 6.07 Å². The summed E-state index contributed by atoms with van der Waals surface area (Å²) in [6, 6.07) is 6.07. The number of benzene rings is 1. The summed E-state index contributed by atoms with van der Waals surface area (Å²) >= 11 is 0. The molecule has 15 heavy (non-hydrogen) atoms. The van der Waals surface area contributed by atoms with Crippen LogP contribution in [0.4, 0.5) is 4.39 Å². The fourth-order valence-corrected chi connectivity index (χ4v) is 1.44. The van der Waals surface area contributed by atoms with Crippen LogP contribution in [-0.4, -0.2) is 12.2 Å². The lowest BCUT2D eigenvalue weighted by molar-refractivity contribution is 0.0557. The zero-order chi connectivity index (χ0) is 11.5. The molecule has 1 rings (SSSR count). The Labute approximate surface area is 87.7 Å². The molecule has 1 atom stereocenters. The number of ether oxygens (including phenoxy) is 1. The highest BCUT2D eigenvalue weighted by atomic mass is 19.1. The van der Waals surface area contributed by atoms with Crippen molar-refractivity contribution in [3.63, 3.8) is 0 Å². The molecule has 0 aliphatic rings. The maximum Gasteiger partial charge on any atom is 0.133 e. The van der Waals surface area contributed by atoms with E-state index >= 15 is 0 Å². The molecule has 80 valence electrons. The zero-order valence-corrected chi connectivity index (χ0v) is 8.62. The first-order valence-corrected chi connectivity index (χ1v) is 4.45. The van der Waals surface area contributed by atoms with Crippen LogP contribution < -0.4 is 4.74 Å². The van der Waals surface area contributed by atoms with E-state index in [4.69, 9.17) is 10.00 Å². The average molecular weight is 209 g/mol. The number of halogens is 1. The van der Waals surface area contributed by atoms with Crippen molar-refractivity contribution in [2.45, 2.75) is 18.9 Å². The predicted molar refractivity (Wildman–Crippen MR) is 52.8 cm³/mol. The Balaban J connectivity index is 3.29. The molecule has 3 nitrogen and oxygen atoms in total. The highest BCUT2D eigenvalue weighted by Crippen LogP contribution is 2.34. The van der Waals surface area contributed by atoms with Crippen LogP contribution in [0.2, 0.25) is 0 Å². The molecule has 1 aromatic rings. The smallest absolute Gasteiger partial charge is 0.133 e. The molecule has 0 aromatic heterocycles. The van der Waals surface area contributed by atoms with Gasteiger partial charge in [-0.3, -0.25) is 0 Å². The van der Waals surface area contributed by atoms with E-state index < -0.39 is 11.4 Å². The second-order valence-electron chi connectivity index (χ2n) is 3.43. The fraction of sp³-hybridized carbons (Fsp3) is 0.364. The van der Waals surface area contributed by atoms with Gasteiger partial charge in [-0.2, -0.15) is 5.26 Å². The maximum absolute atomic E-state index is 13.5. The van der Waals surface area contributed by atoms with Gasteiger partial charge in [0.15, 0.2) is 0 Å². The Bertz CT molecular complexity index is 396. The van der Waals surface area contributed by atoms with Gasteiger partial charge in [-0.25, -0.2) is 4.39 Å². The van der Waals surface area contributed by atoms with Crippen molar-refractivity contribution in [3.8, 4) is 11.8 Å². The summed E-state index contributed by atoms with van der Waals surface area (Å²) < 4.78 is 18.5. The molecule has 1 aromatic carbocycles. The number of aliphatic hydroxyl groups is 1. The van der Waals surface area contributed by atoms with Crippen LogP contribution >= 0.6 is 0 Å². The Kier molecular flexibility index (Phi) is 3.28. The van der Waals surface area contributed by atoms with Crippen molar-refractivity contribution in [1.29, 1.82) is 5.26 Å². The van der Waals surface area contributed by atoms with Crippen molar-refractivity contribution < 1.29 is 14.2 Å². The second kappa shape index (κ2) is 4.28. The van der Waals surface area contributed by atoms with Crippen LogP contribution in [0, 0.1) is 17.1 Å². The number of methoxy groups -OCH3 is 1. The molecule has 0 amide bonds. The molecule has 0 heterocycles. The summed E-state index contributed by atoms with van der Waals surface area (Å²) in [6.45, 7) is 1.39. The molecule has 0 fully saturated rings. The van der Waals surface area contributed by atoms with Crippen molar-refractivity contribution in [2.75, 3.05) is 7.11 Å². The number of rotatable bonds is 3. The van der Waals surface area contributed by atoms with Gasteiger partial charge in [0.05, 0.1) is 25.2 Å². The molecule has 0 saturated carbocycles. The van der Waals surface area contributed by atoms with Crippen LogP contribution in [0.3, 0.4) is 0 Å². The molecule has 0 aliphatic heterocycles. The first-order valence-electron chi connectivity index (χ1n) is 4.45. The average Bonchev–Trinajstić information content (AvgIpc) is 2.16. The summed E-state index contributed by atoms with van der Waals surface area (Å²) in [4.78, 5) is 0. The molecule has 0 radical (unpaired) electrons. The third kappa shape index (κ3) is 2.25. The summed E-state index contributed by atoms with van der Waals surface area (Å²) in [7, 11) is 1.39. The number of nitriles is 1. The summed E-state index contributed by atoms with van der Waals surface area (Å²) in [5.74, 6) is -0.329. The Morgan fingerprint density at radius 3 is 2.80 bits per heavy atom. The molecule has 0 aliphatic carbocycles. The minimum absolute atomic E-state index is 0.0223. The van der Waals surface area contributed by atoms with Gasteiger partial charge in [-0.15, -0.1) is 0 Å². The summed E-state index contributed by atoms with van der Waals surface area (Å²) in [6.07, 6.45) is -0.190. The quantitative estimate of drug-likeness (QED) is 0.827. The van der Waals surface area contributed by atoms with Crippen LogP contribution in [-0.2, 0) is 5.60 Å². The summed E-state index contributed by atoms with van der Waals surface area (Å²) in [5, 5.41) is 18.5. The lowest BCUT2D eigenvalue weighted by Crippen LogP contribution is -2.23. The highest BCUT2D eigenvalue weighted by molar-refractivity contribution is 5.39. The minimum atomic E-state index is -1.54. The van der Waals surface area contributed by atoms with E-state index in [9.17, 15) is 9.50 Å². The van der Waals surface area contributed by atoms with Crippen LogP contribution in [0.5, 0.6) is 5.75 Å². The Morgan fingerprint density at radius 2 is 2.27 bits per heavy atom. The van der Waals surface area contributed by atoms with Gasteiger partial charge >= 0.3 is 0 Å². The zero-order valence-electron chi connectivity index (χ0n) is 8.62. The van der Waals surface area contributed by atoms with E-state index in [0.717, 1.165) is 0 Å². The van der Waals surface area contributed by atoms with E-state index in [0.29, 0.717) is 0 Å². The molecule has 1 N–H and O–H groups in total. The Morgan fingerprint density at radius 1 is 1.60 bits per heavy atom. The van der Waals surface area contributed by atoms with E-state index in [-0.39, 0.29) is 17.7 Å². The van der Waals surface area contributed by atoms with Gasteiger partial charge in [0.1, 0.15) is 17.2 Å². The molecule has 4 heteroatoms. The van der Waals surface area contributed by atoms with Gasteiger partial charge < -0.3 is 9.84 Å².